The van der Waals surface area contributed by atoms with E-state index in [2.05, 4.69) is 10.3 Å². The van der Waals surface area contributed by atoms with Crippen molar-refractivity contribution in [2.45, 2.75) is 37.5 Å². The van der Waals surface area contributed by atoms with E-state index < -0.39 is 12.1 Å². The number of likely N-dealkylation sites (N-methyl/N-ethyl adjacent to an activating group) is 1. The number of nitrogens with zero attached hydrogens (tertiary/aromatic N) is 1. The number of carbonyl (C=O) groups excluding carboxylic acids is 3. The van der Waals surface area contributed by atoms with Crippen molar-refractivity contribution in [3.05, 3.63) is 71.2 Å². The fourth-order valence-corrected chi connectivity index (χ4v) is 4.72. The van der Waals surface area contributed by atoms with Crippen LogP contribution in [0.15, 0.2) is 48.5 Å². The summed E-state index contributed by atoms with van der Waals surface area (Å²) in [5, 5.41) is 3.65. The number of hydrogen-bond acceptors (Lipinski definition) is 4. The van der Waals surface area contributed by atoms with Gasteiger partial charge in [-0.05, 0) is 41.8 Å². The van der Waals surface area contributed by atoms with E-state index in [0.717, 1.165) is 11.1 Å². The van der Waals surface area contributed by atoms with Gasteiger partial charge in [-0.25, -0.2) is 4.39 Å². The van der Waals surface area contributed by atoms with Gasteiger partial charge in [0.1, 0.15) is 11.5 Å². The lowest BCUT2D eigenvalue weighted by Gasteiger charge is -2.32. The van der Waals surface area contributed by atoms with Gasteiger partial charge >= 0.3 is 5.97 Å². The number of esters is 1. The minimum Gasteiger partial charge on any atom is -0.452 e. The summed E-state index contributed by atoms with van der Waals surface area (Å²) < 4.78 is 18.7. The first-order valence-corrected chi connectivity index (χ1v) is 10.5. The number of ether oxygens (including phenoxy) is 1. The fourth-order valence-electron chi connectivity index (χ4n) is 4.72. The molecule has 2 amide bonds. The number of aromatic amines is 1. The van der Waals surface area contributed by atoms with Gasteiger partial charge in [0.15, 0.2) is 6.10 Å². The molecule has 1 saturated heterocycles. The molecular weight excluding hydrogens is 413 g/mol. The van der Waals surface area contributed by atoms with Gasteiger partial charge < -0.3 is 19.9 Å². The van der Waals surface area contributed by atoms with Crippen molar-refractivity contribution in [3.8, 4) is 0 Å². The molecule has 2 aromatic carbocycles. The van der Waals surface area contributed by atoms with E-state index in [0.29, 0.717) is 29.4 Å². The molecule has 7 nitrogen and oxygen atoms in total. The minimum absolute atomic E-state index is 0.229. The first kappa shape index (κ1) is 20.2. The Kier molecular flexibility index (Phi) is 4.92. The molecule has 0 spiro atoms. The molecule has 1 aliphatic heterocycles. The van der Waals surface area contributed by atoms with Crippen LogP contribution in [0.4, 0.5) is 4.39 Å². The number of aromatic nitrogens is 1. The third kappa shape index (κ3) is 3.51. The van der Waals surface area contributed by atoms with Crippen LogP contribution in [0.2, 0.25) is 0 Å². The Balaban J connectivity index is 1.40. The number of amides is 2. The van der Waals surface area contributed by atoms with E-state index in [4.69, 9.17) is 4.74 Å². The second-order valence-electron chi connectivity index (χ2n) is 8.31. The number of fused-ring (bicyclic) bond motifs is 2. The van der Waals surface area contributed by atoms with Crippen molar-refractivity contribution >= 4 is 28.7 Å². The summed E-state index contributed by atoms with van der Waals surface area (Å²) in [6, 6.07) is 12.9. The Bertz CT molecular complexity index is 1240. The number of benzene rings is 2. The van der Waals surface area contributed by atoms with Gasteiger partial charge in [-0.3, -0.25) is 14.4 Å². The summed E-state index contributed by atoms with van der Waals surface area (Å²) in [4.78, 5) is 42.1. The van der Waals surface area contributed by atoms with Gasteiger partial charge in [0.05, 0.1) is 12.1 Å². The van der Waals surface area contributed by atoms with Gasteiger partial charge in [-0.2, -0.15) is 0 Å². The van der Waals surface area contributed by atoms with Crippen LogP contribution in [-0.4, -0.2) is 46.9 Å². The number of carbonyl (C=O) groups is 3. The van der Waals surface area contributed by atoms with Crippen molar-refractivity contribution in [3.63, 3.8) is 0 Å². The summed E-state index contributed by atoms with van der Waals surface area (Å²) >= 11 is 0. The molecule has 1 aromatic heterocycles. The van der Waals surface area contributed by atoms with Crippen molar-refractivity contribution in [2.75, 3.05) is 7.05 Å². The SMILES string of the molecule is CN(C(=O)[C@@H]1CCC(=O)O1)[C@@H]1c2ccccc2C[C@H]1NC(=O)c1cc2cc(F)ccc2[nH]1. The normalized spacial score (nSPS) is 21.9. The van der Waals surface area contributed by atoms with E-state index in [-0.39, 0.29) is 36.1 Å². The maximum Gasteiger partial charge on any atom is 0.306 e. The average Bonchev–Trinajstić information content (AvgIpc) is 3.48. The number of H-pyrrole nitrogens is 1. The van der Waals surface area contributed by atoms with Crippen molar-refractivity contribution < 1.29 is 23.5 Å². The number of cyclic esters (lactones) is 1. The summed E-state index contributed by atoms with van der Waals surface area (Å²) in [6.45, 7) is 0. The molecule has 8 heteroatoms. The van der Waals surface area contributed by atoms with E-state index in [1.165, 1.54) is 12.1 Å². The molecule has 1 aliphatic carbocycles. The highest BCUT2D eigenvalue weighted by Gasteiger charge is 2.41. The molecule has 0 bridgehead atoms. The highest BCUT2D eigenvalue weighted by molar-refractivity contribution is 5.98. The predicted molar refractivity (Wildman–Crippen MR) is 114 cm³/mol. The topological polar surface area (TPSA) is 91.5 Å². The third-order valence-corrected chi connectivity index (χ3v) is 6.26. The zero-order valence-corrected chi connectivity index (χ0v) is 17.4. The zero-order chi connectivity index (χ0) is 22.4. The van der Waals surface area contributed by atoms with Crippen LogP contribution >= 0.6 is 0 Å². The minimum atomic E-state index is -0.791. The number of nitrogens with one attached hydrogen (secondary N) is 2. The Morgan fingerprint density at radius 3 is 2.78 bits per heavy atom. The number of rotatable bonds is 4. The summed E-state index contributed by atoms with van der Waals surface area (Å²) in [5.41, 5.74) is 2.98. The van der Waals surface area contributed by atoms with Crippen LogP contribution in [0, 0.1) is 5.82 Å². The first-order valence-electron chi connectivity index (χ1n) is 10.5. The number of halogens is 1. The average molecular weight is 435 g/mol. The third-order valence-electron chi connectivity index (χ3n) is 6.26. The molecule has 3 atom stereocenters. The second kappa shape index (κ2) is 7.78. The van der Waals surface area contributed by atoms with Crippen molar-refractivity contribution in [2.24, 2.45) is 0 Å². The lowest BCUT2D eigenvalue weighted by Crippen LogP contribution is -2.47. The molecule has 2 N–H and O–H groups in total. The zero-order valence-electron chi connectivity index (χ0n) is 17.4. The Hall–Kier alpha value is -3.68. The van der Waals surface area contributed by atoms with Crippen LogP contribution in [0.3, 0.4) is 0 Å². The van der Waals surface area contributed by atoms with Crippen LogP contribution in [-0.2, 0) is 20.7 Å². The van der Waals surface area contributed by atoms with E-state index in [1.54, 1.807) is 24.1 Å². The lowest BCUT2D eigenvalue weighted by atomic mass is 10.0. The summed E-state index contributed by atoms with van der Waals surface area (Å²) in [7, 11) is 1.67. The fraction of sp³-hybridized carbons (Fsp3) is 0.292. The van der Waals surface area contributed by atoms with Gasteiger partial charge in [-0.15, -0.1) is 0 Å². The summed E-state index contributed by atoms with van der Waals surface area (Å²) in [5.74, 6) is -1.36. The van der Waals surface area contributed by atoms with Crippen LogP contribution < -0.4 is 5.32 Å². The quantitative estimate of drug-likeness (QED) is 0.617. The lowest BCUT2D eigenvalue weighted by molar-refractivity contribution is -0.153. The van der Waals surface area contributed by atoms with Gasteiger partial charge in [-0.1, -0.05) is 24.3 Å². The molecule has 164 valence electrons. The highest BCUT2D eigenvalue weighted by Crippen LogP contribution is 2.36. The monoisotopic (exact) mass is 435 g/mol. The molecule has 0 radical (unpaired) electrons. The van der Waals surface area contributed by atoms with E-state index in [9.17, 15) is 18.8 Å². The van der Waals surface area contributed by atoms with Crippen LogP contribution in [0.1, 0.15) is 40.5 Å². The smallest absolute Gasteiger partial charge is 0.306 e. The molecule has 0 saturated carbocycles. The summed E-state index contributed by atoms with van der Waals surface area (Å²) in [6.07, 6.45) is 0.357. The standard InChI is InChI=1S/C24H22FN3O4/c1-28(24(31)20-8-9-21(29)32-20)22-16-5-3-2-4-13(16)11-18(22)27-23(30)19-12-14-10-15(25)6-7-17(14)26-19/h2-7,10,12,18,20,22,26H,8-9,11H2,1H3,(H,27,30)/t18-,20+,22-/m1/s1. The Morgan fingerprint density at radius 1 is 1.19 bits per heavy atom. The molecule has 0 unspecified atom stereocenters. The molecule has 3 aromatic rings. The molecule has 2 aliphatic rings. The maximum atomic E-state index is 13.5. The highest BCUT2D eigenvalue weighted by atomic mass is 19.1. The Morgan fingerprint density at radius 2 is 2.00 bits per heavy atom. The largest absolute Gasteiger partial charge is 0.452 e. The molecule has 2 heterocycles. The van der Waals surface area contributed by atoms with Gasteiger partial charge in [0, 0.05) is 30.8 Å². The molecule has 1 fully saturated rings. The van der Waals surface area contributed by atoms with Crippen LogP contribution in [0.5, 0.6) is 0 Å². The van der Waals surface area contributed by atoms with Crippen molar-refractivity contribution in [1.29, 1.82) is 0 Å². The van der Waals surface area contributed by atoms with E-state index in [1.807, 2.05) is 24.3 Å². The first-order chi connectivity index (χ1) is 15.4. The molecule has 32 heavy (non-hydrogen) atoms. The molecular formula is C24H22FN3O4. The predicted octanol–water partition coefficient (Wildman–Crippen LogP) is 2.87. The van der Waals surface area contributed by atoms with E-state index >= 15 is 0 Å². The van der Waals surface area contributed by atoms with Crippen molar-refractivity contribution in [1.82, 2.24) is 15.2 Å². The second-order valence-corrected chi connectivity index (χ2v) is 8.31. The Labute approximate surface area is 183 Å². The van der Waals surface area contributed by atoms with Gasteiger partial charge in [0.2, 0.25) is 0 Å². The van der Waals surface area contributed by atoms with Gasteiger partial charge in [0.25, 0.3) is 11.8 Å². The molecule has 5 rings (SSSR count). The number of hydrogen-bond donors (Lipinski definition) is 2. The maximum absolute atomic E-state index is 13.5. The van der Waals surface area contributed by atoms with Crippen LogP contribution in [0.25, 0.3) is 10.9 Å².